The highest BCUT2D eigenvalue weighted by molar-refractivity contribution is 7.90. The molecule has 0 unspecified atom stereocenters. The van der Waals surface area contributed by atoms with E-state index in [4.69, 9.17) is 5.11 Å². The summed E-state index contributed by atoms with van der Waals surface area (Å²) >= 11 is 0. The molecule has 0 aromatic heterocycles. The zero-order chi connectivity index (χ0) is 20.3. The first-order valence-corrected chi connectivity index (χ1v) is 11.3. The van der Waals surface area contributed by atoms with Gasteiger partial charge in [-0.2, -0.15) is 0 Å². The molecule has 2 rings (SSSR count). The molecule has 1 N–H and O–H groups in total. The van der Waals surface area contributed by atoms with E-state index in [-0.39, 0.29) is 6.42 Å². The lowest BCUT2D eigenvalue weighted by Gasteiger charge is -1.93. The van der Waals surface area contributed by atoms with Crippen LogP contribution in [0.3, 0.4) is 0 Å². The summed E-state index contributed by atoms with van der Waals surface area (Å²) in [6.45, 7) is 11.4. The van der Waals surface area contributed by atoms with Crippen LogP contribution >= 0.6 is 0 Å². The van der Waals surface area contributed by atoms with Crippen LogP contribution in [0.2, 0.25) is 0 Å². The van der Waals surface area contributed by atoms with E-state index in [1.165, 1.54) is 25.5 Å². The number of carboxylic acid groups (broad SMARTS) is 1. The van der Waals surface area contributed by atoms with E-state index in [0.29, 0.717) is 5.75 Å². The lowest BCUT2D eigenvalue weighted by Crippen LogP contribution is -2.00. The van der Waals surface area contributed by atoms with Crippen molar-refractivity contribution in [2.45, 2.75) is 73.6 Å². The Morgan fingerprint density at radius 1 is 1.00 bits per heavy atom. The van der Waals surface area contributed by atoms with Crippen molar-refractivity contribution in [3.8, 4) is 0 Å². The molecule has 1 aromatic carbocycles. The number of hydrogen-bond acceptors (Lipinski definition) is 3. The molecule has 0 amide bonds. The summed E-state index contributed by atoms with van der Waals surface area (Å²) in [5.41, 5.74) is 3.13. The molecule has 0 saturated heterocycles. The number of sulfone groups is 1. The minimum atomic E-state index is -2.67. The second kappa shape index (κ2) is 19.0. The van der Waals surface area contributed by atoms with Crippen LogP contribution in [0.1, 0.15) is 71.9 Å². The fraction of sp³-hybridized carbons (Fsp3) is 0.650. The van der Waals surface area contributed by atoms with E-state index in [1.807, 2.05) is 34.6 Å². The fourth-order valence-corrected chi connectivity index (χ4v) is 2.63. The summed E-state index contributed by atoms with van der Waals surface area (Å²) in [4.78, 5) is 9.37. The monoisotopic (exact) mass is 374 g/mol. The Labute approximate surface area is 155 Å². The molecule has 0 spiro atoms. The molecule has 0 heterocycles. The molecule has 25 heavy (non-hydrogen) atoms. The third-order valence-corrected chi connectivity index (χ3v) is 4.04. The van der Waals surface area contributed by atoms with Gasteiger partial charge in [-0.25, -0.2) is 8.42 Å². The van der Waals surface area contributed by atoms with Crippen LogP contribution in [-0.2, 0) is 27.5 Å². The fourth-order valence-electron chi connectivity index (χ4n) is 1.89. The third-order valence-electron chi connectivity index (χ3n) is 2.89. The molecule has 1 aliphatic rings. The summed E-state index contributed by atoms with van der Waals surface area (Å²) in [7, 11) is -2.67. The van der Waals surface area contributed by atoms with Gasteiger partial charge in [0.25, 0.3) is 0 Å². The van der Waals surface area contributed by atoms with E-state index in [0.717, 1.165) is 6.42 Å². The Morgan fingerprint density at radius 2 is 1.36 bits per heavy atom. The molecule has 0 aliphatic heterocycles. The van der Waals surface area contributed by atoms with Gasteiger partial charge in [0.05, 0.1) is 0 Å². The van der Waals surface area contributed by atoms with Crippen molar-refractivity contribution in [1.29, 1.82) is 0 Å². The Kier molecular flexibility index (Phi) is 21.6. The Bertz CT molecular complexity index is 499. The Balaban J connectivity index is -0.000000274. The summed E-state index contributed by atoms with van der Waals surface area (Å²) < 4.78 is 20.5. The molecular weight excluding hydrogens is 336 g/mol. The molecule has 1 aliphatic carbocycles. The maximum Gasteiger partial charge on any atom is 0.303 e. The van der Waals surface area contributed by atoms with Crippen LogP contribution in [0.5, 0.6) is 0 Å². The average molecular weight is 375 g/mol. The topological polar surface area (TPSA) is 71.4 Å². The van der Waals surface area contributed by atoms with E-state index in [2.05, 4.69) is 24.3 Å². The molecule has 0 bridgehead atoms. The second-order valence-electron chi connectivity index (χ2n) is 5.00. The van der Waals surface area contributed by atoms with Crippen LogP contribution < -0.4 is 0 Å². The number of benzene rings is 1. The number of aryl methyl sites for hydroxylation is 2. The number of rotatable bonds is 3. The highest BCUT2D eigenvalue weighted by Gasteiger charge is 2.07. The number of carboxylic acids is 1. The summed E-state index contributed by atoms with van der Waals surface area (Å²) in [5, 5.41) is 7.72. The van der Waals surface area contributed by atoms with Crippen molar-refractivity contribution < 1.29 is 18.3 Å². The van der Waals surface area contributed by atoms with Crippen LogP contribution in [0.25, 0.3) is 0 Å². The van der Waals surface area contributed by atoms with Crippen LogP contribution in [0.15, 0.2) is 24.3 Å². The number of carbonyl (C=O) groups is 1. The molecule has 0 atom stereocenters. The maximum atomic E-state index is 10.2. The first-order valence-electron chi connectivity index (χ1n) is 9.26. The second-order valence-corrected chi connectivity index (χ2v) is 7.26. The smallest absolute Gasteiger partial charge is 0.303 e. The highest BCUT2D eigenvalue weighted by atomic mass is 32.2. The summed E-state index contributed by atoms with van der Waals surface area (Å²) in [5.74, 6) is -0.433. The Morgan fingerprint density at radius 3 is 1.56 bits per heavy atom. The molecule has 5 heteroatoms. The minimum absolute atomic E-state index is 0.222. The molecule has 0 fully saturated rings. The molecule has 4 nitrogen and oxygen atoms in total. The molecule has 0 saturated carbocycles. The standard InChI is InChI=1S/C9H10.C4H10O2S.C3H6O2.2C2H6/c1-2-5-9-7-3-6-8(9)4-1;1-3-4-7(2,5)6;1-2-3(4)5;2*1-2/h1-2,4-5H,3,6-7H2;3-4H2,1-2H3;2H2,1H3,(H,4,5);2*1-2H3. The highest BCUT2D eigenvalue weighted by Crippen LogP contribution is 2.20. The van der Waals surface area contributed by atoms with E-state index < -0.39 is 15.8 Å². The zero-order valence-electron chi connectivity index (χ0n) is 17.1. The van der Waals surface area contributed by atoms with Gasteiger partial charge in [0.2, 0.25) is 0 Å². The lowest BCUT2D eigenvalue weighted by atomic mass is 10.1. The molecular formula is C20H38O4S. The predicted molar refractivity (Wildman–Crippen MR) is 109 cm³/mol. The van der Waals surface area contributed by atoms with Crippen molar-refractivity contribution in [1.82, 2.24) is 0 Å². The van der Waals surface area contributed by atoms with Crippen molar-refractivity contribution in [2.75, 3.05) is 12.0 Å². The van der Waals surface area contributed by atoms with Gasteiger partial charge in [-0.3, -0.25) is 4.79 Å². The molecule has 0 radical (unpaired) electrons. The average Bonchev–Trinajstić information content (AvgIpc) is 3.07. The van der Waals surface area contributed by atoms with Crippen LogP contribution in [0, 0.1) is 0 Å². The third kappa shape index (κ3) is 20.6. The van der Waals surface area contributed by atoms with E-state index in [1.54, 1.807) is 18.1 Å². The normalized spacial score (nSPS) is 10.8. The van der Waals surface area contributed by atoms with Crippen molar-refractivity contribution in [3.63, 3.8) is 0 Å². The van der Waals surface area contributed by atoms with Gasteiger partial charge < -0.3 is 5.11 Å². The SMILES string of the molecule is CC.CC.CCC(=O)O.CCCS(C)(=O)=O.c1ccc2c(c1)CCC2. The van der Waals surface area contributed by atoms with Crippen LogP contribution in [0.4, 0.5) is 0 Å². The van der Waals surface area contributed by atoms with Crippen molar-refractivity contribution in [2.24, 2.45) is 0 Å². The maximum absolute atomic E-state index is 10.2. The van der Waals surface area contributed by atoms with Gasteiger partial charge in [-0.1, -0.05) is 65.8 Å². The quantitative estimate of drug-likeness (QED) is 0.794. The van der Waals surface area contributed by atoms with Gasteiger partial charge in [-0.15, -0.1) is 0 Å². The largest absolute Gasteiger partial charge is 0.481 e. The lowest BCUT2D eigenvalue weighted by molar-refractivity contribution is -0.136. The predicted octanol–water partition coefficient (Wildman–Crippen LogP) is 5.15. The van der Waals surface area contributed by atoms with Gasteiger partial charge in [-0.05, 0) is 36.8 Å². The Hall–Kier alpha value is -1.36. The molecule has 1 aromatic rings. The van der Waals surface area contributed by atoms with Gasteiger partial charge >= 0.3 is 5.97 Å². The van der Waals surface area contributed by atoms with Crippen LogP contribution in [-0.4, -0.2) is 31.5 Å². The van der Waals surface area contributed by atoms with Gasteiger partial charge in [0.1, 0.15) is 9.84 Å². The van der Waals surface area contributed by atoms with Gasteiger partial charge in [0.15, 0.2) is 0 Å². The van der Waals surface area contributed by atoms with E-state index in [9.17, 15) is 13.2 Å². The van der Waals surface area contributed by atoms with Gasteiger partial charge in [0, 0.05) is 18.4 Å². The van der Waals surface area contributed by atoms with Crippen molar-refractivity contribution in [3.05, 3.63) is 35.4 Å². The number of fused-ring (bicyclic) bond motifs is 1. The first kappa shape index (κ1) is 28.4. The van der Waals surface area contributed by atoms with Crippen molar-refractivity contribution >= 4 is 15.8 Å². The van der Waals surface area contributed by atoms with E-state index >= 15 is 0 Å². The summed E-state index contributed by atoms with van der Waals surface area (Å²) in [6.07, 6.45) is 6.15. The zero-order valence-corrected chi connectivity index (χ0v) is 17.9. The number of hydrogen-bond donors (Lipinski definition) is 1. The summed E-state index contributed by atoms with van der Waals surface area (Å²) in [6, 6.07) is 8.74. The number of aliphatic carboxylic acids is 1. The minimum Gasteiger partial charge on any atom is -0.481 e. The first-order chi connectivity index (χ1) is 11.8. The molecule has 148 valence electrons.